The number of aryl methyl sites for hydroxylation is 1. The van der Waals surface area contributed by atoms with E-state index in [0.29, 0.717) is 28.0 Å². The molecular formula is C13H15F3N6O2S2. The van der Waals surface area contributed by atoms with Crippen LogP contribution in [0.1, 0.15) is 35.2 Å². The first-order valence-electron chi connectivity index (χ1n) is 7.54. The third-order valence-corrected chi connectivity index (χ3v) is 6.16. The second-order valence-corrected chi connectivity index (χ2v) is 8.61. The van der Waals surface area contributed by atoms with Crippen molar-refractivity contribution in [1.29, 1.82) is 0 Å². The van der Waals surface area contributed by atoms with Crippen LogP contribution < -0.4 is 0 Å². The minimum atomic E-state index is -4.71. The molecule has 0 spiro atoms. The minimum absolute atomic E-state index is 0.00342. The Kier molecular flexibility index (Phi) is 4.55. The summed E-state index contributed by atoms with van der Waals surface area (Å²) in [6, 6.07) is -0.289. The van der Waals surface area contributed by atoms with Gasteiger partial charge in [0.2, 0.25) is 4.77 Å². The summed E-state index contributed by atoms with van der Waals surface area (Å²) in [5.41, 5.74) is 1.65. The van der Waals surface area contributed by atoms with Crippen LogP contribution >= 0.6 is 12.2 Å². The zero-order chi connectivity index (χ0) is 19.3. The zero-order valence-electron chi connectivity index (χ0n) is 13.8. The molecule has 26 heavy (non-hydrogen) atoms. The van der Waals surface area contributed by atoms with Gasteiger partial charge in [-0.25, -0.2) is 13.5 Å². The van der Waals surface area contributed by atoms with Crippen LogP contribution in [-0.2, 0) is 16.0 Å². The maximum Gasteiger partial charge on any atom is 0.453 e. The van der Waals surface area contributed by atoms with Crippen LogP contribution in [-0.4, -0.2) is 50.8 Å². The highest BCUT2D eigenvalue weighted by Gasteiger charge is 2.37. The molecule has 2 aromatic rings. The molecule has 1 N–H and O–H groups in total. The Morgan fingerprint density at radius 3 is 2.65 bits per heavy atom. The van der Waals surface area contributed by atoms with Crippen LogP contribution in [0.4, 0.5) is 13.2 Å². The fourth-order valence-electron chi connectivity index (χ4n) is 2.88. The average molecular weight is 408 g/mol. The normalized spacial score (nSPS) is 20.3. The van der Waals surface area contributed by atoms with Gasteiger partial charge in [0, 0.05) is 11.3 Å². The van der Waals surface area contributed by atoms with Gasteiger partial charge >= 0.3 is 6.18 Å². The van der Waals surface area contributed by atoms with Gasteiger partial charge in [-0.15, -0.1) is 5.10 Å². The molecule has 142 valence electrons. The summed E-state index contributed by atoms with van der Waals surface area (Å²) in [7, 11) is -3.09. The topological polar surface area (TPSA) is 97.9 Å². The Morgan fingerprint density at radius 2 is 2.08 bits per heavy atom. The first-order valence-corrected chi connectivity index (χ1v) is 9.77. The minimum Gasteiger partial charge on any atom is -0.265 e. The SMILES string of the molecule is Cc1nn([C@@H]2CCS(=O)(=O)C2)c(C)c1C=Nn1c(C(F)(F)F)n[nH]c1=S. The molecule has 1 fully saturated rings. The van der Waals surface area contributed by atoms with Gasteiger partial charge in [0.25, 0.3) is 5.82 Å². The molecule has 0 amide bonds. The summed E-state index contributed by atoms with van der Waals surface area (Å²) in [5, 5.41) is 13.3. The van der Waals surface area contributed by atoms with E-state index in [1.807, 2.05) is 0 Å². The molecule has 8 nitrogen and oxygen atoms in total. The van der Waals surface area contributed by atoms with Crippen molar-refractivity contribution in [2.24, 2.45) is 5.10 Å². The van der Waals surface area contributed by atoms with Crippen molar-refractivity contribution >= 4 is 28.3 Å². The van der Waals surface area contributed by atoms with E-state index in [9.17, 15) is 21.6 Å². The number of nitrogens with one attached hydrogen (secondary N) is 1. The van der Waals surface area contributed by atoms with E-state index < -0.39 is 21.8 Å². The van der Waals surface area contributed by atoms with Crippen LogP contribution in [0.2, 0.25) is 0 Å². The lowest BCUT2D eigenvalue weighted by Crippen LogP contribution is -2.14. The number of hydrogen-bond acceptors (Lipinski definition) is 6. The van der Waals surface area contributed by atoms with Crippen molar-refractivity contribution < 1.29 is 21.6 Å². The largest absolute Gasteiger partial charge is 0.453 e. The van der Waals surface area contributed by atoms with E-state index in [2.05, 4.69) is 20.4 Å². The summed E-state index contributed by atoms with van der Waals surface area (Å²) >= 11 is 4.78. The van der Waals surface area contributed by atoms with Crippen LogP contribution in [0.15, 0.2) is 5.10 Å². The maximum atomic E-state index is 12.9. The van der Waals surface area contributed by atoms with E-state index >= 15 is 0 Å². The van der Waals surface area contributed by atoms with Gasteiger partial charge in [0.15, 0.2) is 9.84 Å². The molecule has 1 saturated heterocycles. The van der Waals surface area contributed by atoms with Crippen LogP contribution in [0.25, 0.3) is 0 Å². The predicted molar refractivity (Wildman–Crippen MR) is 89.4 cm³/mol. The summed E-state index contributed by atoms with van der Waals surface area (Å²) in [6.07, 6.45) is -3.04. The van der Waals surface area contributed by atoms with Crippen molar-refractivity contribution in [3.8, 4) is 0 Å². The second kappa shape index (κ2) is 6.30. The van der Waals surface area contributed by atoms with Crippen molar-refractivity contribution in [3.05, 3.63) is 27.5 Å². The molecule has 0 aliphatic carbocycles. The number of rotatable bonds is 3. The van der Waals surface area contributed by atoms with Crippen molar-refractivity contribution in [2.75, 3.05) is 11.5 Å². The molecule has 0 bridgehead atoms. The summed E-state index contributed by atoms with van der Waals surface area (Å²) in [5.74, 6) is -1.17. The Balaban J connectivity index is 1.97. The molecule has 0 saturated carbocycles. The first kappa shape index (κ1) is 18.8. The number of hydrogen-bond donors (Lipinski definition) is 1. The third kappa shape index (κ3) is 3.45. The fraction of sp³-hybridized carbons (Fsp3) is 0.538. The van der Waals surface area contributed by atoms with Gasteiger partial charge in [0.1, 0.15) is 0 Å². The van der Waals surface area contributed by atoms with Gasteiger partial charge in [-0.3, -0.25) is 4.68 Å². The smallest absolute Gasteiger partial charge is 0.265 e. The van der Waals surface area contributed by atoms with Crippen LogP contribution in [0.3, 0.4) is 0 Å². The zero-order valence-corrected chi connectivity index (χ0v) is 15.4. The Hall–Kier alpha value is -2.02. The van der Waals surface area contributed by atoms with E-state index in [-0.39, 0.29) is 22.3 Å². The number of halogens is 3. The molecule has 1 aliphatic heterocycles. The number of H-pyrrole nitrogens is 1. The summed E-state index contributed by atoms with van der Waals surface area (Å²) < 4.78 is 63.9. The van der Waals surface area contributed by atoms with Crippen LogP contribution in [0.5, 0.6) is 0 Å². The molecule has 13 heteroatoms. The van der Waals surface area contributed by atoms with Gasteiger partial charge in [-0.1, -0.05) is 0 Å². The maximum absolute atomic E-state index is 12.9. The summed E-state index contributed by atoms with van der Waals surface area (Å²) in [4.78, 5) is 0. The van der Waals surface area contributed by atoms with Crippen molar-refractivity contribution in [2.45, 2.75) is 32.5 Å². The van der Waals surface area contributed by atoms with E-state index in [0.717, 1.165) is 0 Å². The molecule has 0 radical (unpaired) electrons. The molecule has 1 aliphatic rings. The Labute approximate surface area is 151 Å². The molecule has 3 heterocycles. The van der Waals surface area contributed by atoms with Crippen molar-refractivity contribution in [3.63, 3.8) is 0 Å². The second-order valence-electron chi connectivity index (χ2n) is 5.99. The number of alkyl halides is 3. The monoisotopic (exact) mass is 408 g/mol. The predicted octanol–water partition coefficient (Wildman–Crippen LogP) is 2.01. The van der Waals surface area contributed by atoms with E-state index in [1.54, 1.807) is 18.5 Å². The lowest BCUT2D eigenvalue weighted by atomic mass is 10.2. The van der Waals surface area contributed by atoms with Gasteiger partial charge in [-0.2, -0.15) is 28.0 Å². The summed E-state index contributed by atoms with van der Waals surface area (Å²) in [6.45, 7) is 3.39. The van der Waals surface area contributed by atoms with Gasteiger partial charge in [0.05, 0.1) is 29.5 Å². The molecule has 0 unspecified atom stereocenters. The quantitative estimate of drug-likeness (QED) is 0.619. The highest BCUT2D eigenvalue weighted by Crippen LogP contribution is 2.28. The first-order chi connectivity index (χ1) is 12.0. The van der Waals surface area contributed by atoms with Gasteiger partial charge < -0.3 is 0 Å². The third-order valence-electron chi connectivity index (χ3n) is 4.14. The molecule has 0 aromatic carbocycles. The number of aromatic nitrogens is 5. The lowest BCUT2D eigenvalue weighted by molar-refractivity contribution is -0.147. The van der Waals surface area contributed by atoms with E-state index in [1.165, 1.54) is 6.21 Å². The number of aromatic amines is 1. The Bertz CT molecular complexity index is 1030. The standard InChI is InChI=1S/C13H15F3N6O2S2/c1-7-10(5-17-22-11(13(14,15)16)18-19-12(22)25)8(2)21(20-7)9-3-4-26(23,24)6-9/h5,9H,3-4,6H2,1-2H3,(H,19,25)/t9-/m1/s1. The molecule has 3 rings (SSSR count). The average Bonchev–Trinajstić information content (AvgIpc) is 3.14. The molecule has 1 atom stereocenters. The molecular weight excluding hydrogens is 393 g/mol. The highest BCUT2D eigenvalue weighted by atomic mass is 32.2. The molecule has 2 aromatic heterocycles. The Morgan fingerprint density at radius 1 is 1.38 bits per heavy atom. The van der Waals surface area contributed by atoms with E-state index in [4.69, 9.17) is 12.2 Å². The highest BCUT2D eigenvalue weighted by molar-refractivity contribution is 7.91. The fourth-order valence-corrected chi connectivity index (χ4v) is 4.76. The lowest BCUT2D eigenvalue weighted by Gasteiger charge is -2.10. The number of sulfone groups is 1. The van der Waals surface area contributed by atoms with Crippen molar-refractivity contribution in [1.82, 2.24) is 24.7 Å². The number of nitrogens with zero attached hydrogens (tertiary/aromatic N) is 5. The van der Waals surface area contributed by atoms with Crippen LogP contribution in [0, 0.1) is 18.6 Å². The van der Waals surface area contributed by atoms with Gasteiger partial charge in [-0.05, 0) is 32.5 Å².